The number of hydrogen-bond donors (Lipinski definition) is 2. The molecule has 2 amide bonds. The van der Waals surface area contributed by atoms with E-state index in [4.69, 9.17) is 4.42 Å². The second-order valence-electron chi connectivity index (χ2n) is 5.54. The van der Waals surface area contributed by atoms with Crippen LogP contribution in [-0.4, -0.2) is 17.9 Å². The molecule has 0 saturated heterocycles. The molecule has 0 bridgehead atoms. The number of carbonyl (C=O) groups excluding carboxylic acids is 2. The predicted octanol–water partition coefficient (Wildman–Crippen LogP) is 3.00. The van der Waals surface area contributed by atoms with Crippen LogP contribution in [0, 0.1) is 0 Å². The molecule has 2 N–H and O–H groups in total. The summed E-state index contributed by atoms with van der Waals surface area (Å²) in [6.07, 6.45) is 1.83. The molecule has 3 rings (SSSR count). The van der Waals surface area contributed by atoms with Crippen LogP contribution in [0.15, 0.2) is 70.0 Å². The first-order valence-electron chi connectivity index (χ1n) is 7.89. The fourth-order valence-corrected chi connectivity index (χ4v) is 3.07. The Labute approximate surface area is 149 Å². The van der Waals surface area contributed by atoms with Gasteiger partial charge < -0.3 is 15.1 Å². The number of hydrogen-bond acceptors (Lipinski definition) is 4. The Bertz CT molecular complexity index is 799. The molecule has 0 radical (unpaired) electrons. The summed E-state index contributed by atoms with van der Waals surface area (Å²) in [6.45, 7) is 0.435. The van der Waals surface area contributed by atoms with Gasteiger partial charge in [0.15, 0.2) is 5.76 Å². The topological polar surface area (TPSA) is 71.3 Å². The van der Waals surface area contributed by atoms with Crippen molar-refractivity contribution in [3.05, 3.63) is 82.4 Å². The predicted molar refractivity (Wildman–Crippen MR) is 96.3 cm³/mol. The molecule has 1 unspecified atom stereocenters. The molecular formula is C19H18N2O3S. The van der Waals surface area contributed by atoms with Crippen molar-refractivity contribution in [2.24, 2.45) is 0 Å². The number of carbonyl (C=O) groups is 2. The van der Waals surface area contributed by atoms with Crippen LogP contribution in [0.3, 0.4) is 0 Å². The Morgan fingerprint density at radius 3 is 2.56 bits per heavy atom. The second kappa shape index (κ2) is 8.30. The summed E-state index contributed by atoms with van der Waals surface area (Å²) < 4.78 is 5.10. The van der Waals surface area contributed by atoms with E-state index in [0.717, 1.165) is 11.1 Å². The minimum Gasteiger partial charge on any atom is -0.459 e. The van der Waals surface area contributed by atoms with Gasteiger partial charge in [0.2, 0.25) is 5.91 Å². The van der Waals surface area contributed by atoms with Crippen LogP contribution < -0.4 is 10.6 Å². The summed E-state index contributed by atoms with van der Waals surface area (Å²) in [6, 6.07) is 14.1. The zero-order valence-corrected chi connectivity index (χ0v) is 14.3. The quantitative estimate of drug-likeness (QED) is 0.685. The van der Waals surface area contributed by atoms with Gasteiger partial charge in [-0.3, -0.25) is 9.59 Å². The molecule has 2 aromatic heterocycles. The molecule has 1 aromatic carbocycles. The number of benzene rings is 1. The first-order chi connectivity index (χ1) is 12.2. The third-order valence-corrected chi connectivity index (χ3v) is 4.43. The van der Waals surface area contributed by atoms with Gasteiger partial charge in [0, 0.05) is 13.0 Å². The minimum absolute atomic E-state index is 0.184. The molecular weight excluding hydrogens is 336 g/mol. The Morgan fingerprint density at radius 2 is 1.88 bits per heavy atom. The largest absolute Gasteiger partial charge is 0.459 e. The molecule has 0 aliphatic rings. The van der Waals surface area contributed by atoms with Crippen molar-refractivity contribution in [1.29, 1.82) is 0 Å². The fraction of sp³-hybridized carbons (Fsp3) is 0.158. The van der Waals surface area contributed by atoms with Gasteiger partial charge in [-0.15, -0.1) is 0 Å². The molecule has 0 spiro atoms. The summed E-state index contributed by atoms with van der Waals surface area (Å²) in [7, 11) is 0. The Morgan fingerprint density at radius 1 is 1.04 bits per heavy atom. The molecule has 2 heterocycles. The number of thiophene rings is 1. The van der Waals surface area contributed by atoms with Gasteiger partial charge in [-0.25, -0.2) is 0 Å². The second-order valence-corrected chi connectivity index (χ2v) is 6.32. The zero-order valence-electron chi connectivity index (χ0n) is 13.5. The highest BCUT2D eigenvalue weighted by Gasteiger charge is 2.22. The lowest BCUT2D eigenvalue weighted by Gasteiger charge is -2.18. The van der Waals surface area contributed by atoms with Gasteiger partial charge in [0.1, 0.15) is 6.04 Å². The number of amides is 2. The average molecular weight is 354 g/mol. The van der Waals surface area contributed by atoms with Crippen molar-refractivity contribution in [1.82, 2.24) is 10.6 Å². The van der Waals surface area contributed by atoms with Gasteiger partial charge in [-0.2, -0.15) is 11.3 Å². The molecule has 6 heteroatoms. The molecule has 0 fully saturated rings. The van der Waals surface area contributed by atoms with Crippen LogP contribution in [0.25, 0.3) is 0 Å². The van der Waals surface area contributed by atoms with Gasteiger partial charge in [-0.1, -0.05) is 30.3 Å². The fourth-order valence-electron chi connectivity index (χ4n) is 2.40. The van der Waals surface area contributed by atoms with Crippen LogP contribution in [0.4, 0.5) is 0 Å². The Hall–Kier alpha value is -2.86. The molecule has 128 valence electrons. The van der Waals surface area contributed by atoms with Crippen molar-refractivity contribution < 1.29 is 14.0 Å². The zero-order chi connectivity index (χ0) is 17.5. The number of nitrogens with one attached hydrogen (secondary N) is 2. The van der Waals surface area contributed by atoms with Crippen LogP contribution in [0.1, 0.15) is 21.7 Å². The average Bonchev–Trinajstić information content (AvgIpc) is 3.33. The van der Waals surface area contributed by atoms with Gasteiger partial charge in [0.05, 0.1) is 6.26 Å². The first-order valence-corrected chi connectivity index (χ1v) is 8.84. The van der Waals surface area contributed by atoms with E-state index in [1.165, 1.54) is 6.26 Å². The monoisotopic (exact) mass is 354 g/mol. The van der Waals surface area contributed by atoms with E-state index in [-0.39, 0.29) is 11.7 Å². The van der Waals surface area contributed by atoms with Crippen molar-refractivity contribution in [2.45, 2.75) is 19.0 Å². The Balaban J connectivity index is 1.68. The molecule has 0 saturated carbocycles. The molecule has 1 atom stereocenters. The minimum atomic E-state index is -0.682. The van der Waals surface area contributed by atoms with Crippen molar-refractivity contribution in [3.63, 3.8) is 0 Å². The number of furan rings is 1. The lowest BCUT2D eigenvalue weighted by Crippen LogP contribution is -2.47. The SMILES string of the molecule is O=C(NC(Cc1ccccc1)C(=O)NCc1ccsc1)c1ccco1. The lowest BCUT2D eigenvalue weighted by molar-refractivity contribution is -0.123. The lowest BCUT2D eigenvalue weighted by atomic mass is 10.0. The van der Waals surface area contributed by atoms with Crippen molar-refractivity contribution >= 4 is 23.2 Å². The van der Waals surface area contributed by atoms with Crippen molar-refractivity contribution in [2.75, 3.05) is 0 Å². The van der Waals surface area contributed by atoms with Crippen LogP contribution in [0.2, 0.25) is 0 Å². The van der Waals surface area contributed by atoms with E-state index in [2.05, 4.69) is 10.6 Å². The van der Waals surface area contributed by atoms with E-state index < -0.39 is 11.9 Å². The van der Waals surface area contributed by atoms with Gasteiger partial charge in [-0.05, 0) is 40.1 Å². The van der Waals surface area contributed by atoms with E-state index in [9.17, 15) is 9.59 Å². The maximum absolute atomic E-state index is 12.6. The number of rotatable bonds is 7. The van der Waals surface area contributed by atoms with Gasteiger partial charge in [0.25, 0.3) is 5.91 Å². The third-order valence-electron chi connectivity index (χ3n) is 3.70. The standard InChI is InChI=1S/C19H18N2O3S/c22-18(20-12-15-8-10-25-13-15)16(11-14-5-2-1-3-6-14)21-19(23)17-7-4-9-24-17/h1-10,13,16H,11-12H2,(H,20,22)(H,21,23). The maximum atomic E-state index is 12.6. The maximum Gasteiger partial charge on any atom is 0.287 e. The highest BCUT2D eigenvalue weighted by Crippen LogP contribution is 2.08. The van der Waals surface area contributed by atoms with E-state index in [0.29, 0.717) is 13.0 Å². The van der Waals surface area contributed by atoms with Crippen LogP contribution in [0.5, 0.6) is 0 Å². The first kappa shape index (κ1) is 17.0. The van der Waals surface area contributed by atoms with E-state index in [1.54, 1.807) is 23.5 Å². The summed E-state index contributed by atoms with van der Waals surface area (Å²) in [4.78, 5) is 24.9. The smallest absolute Gasteiger partial charge is 0.287 e. The van der Waals surface area contributed by atoms with E-state index >= 15 is 0 Å². The van der Waals surface area contributed by atoms with Crippen LogP contribution >= 0.6 is 11.3 Å². The highest BCUT2D eigenvalue weighted by atomic mass is 32.1. The molecule has 25 heavy (non-hydrogen) atoms. The highest BCUT2D eigenvalue weighted by molar-refractivity contribution is 7.07. The van der Waals surface area contributed by atoms with Crippen LogP contribution in [-0.2, 0) is 17.8 Å². The van der Waals surface area contributed by atoms with Crippen molar-refractivity contribution in [3.8, 4) is 0 Å². The third kappa shape index (κ3) is 4.81. The Kier molecular flexibility index (Phi) is 5.64. The summed E-state index contributed by atoms with van der Waals surface area (Å²) >= 11 is 1.58. The molecule has 5 nitrogen and oxygen atoms in total. The summed E-state index contributed by atoms with van der Waals surface area (Å²) in [5, 5.41) is 9.57. The normalized spacial score (nSPS) is 11.7. The molecule has 3 aromatic rings. The van der Waals surface area contributed by atoms with E-state index in [1.807, 2.05) is 47.2 Å². The summed E-state index contributed by atoms with van der Waals surface area (Å²) in [5.41, 5.74) is 2.01. The van der Waals surface area contributed by atoms with Gasteiger partial charge >= 0.3 is 0 Å². The summed E-state index contributed by atoms with van der Waals surface area (Å²) in [5.74, 6) is -0.449. The molecule has 0 aliphatic carbocycles. The molecule has 0 aliphatic heterocycles.